The zero-order chi connectivity index (χ0) is 17.4. The zero-order valence-electron chi connectivity index (χ0n) is 13.9. The van der Waals surface area contributed by atoms with Crippen molar-refractivity contribution in [3.63, 3.8) is 0 Å². The van der Waals surface area contributed by atoms with Crippen LogP contribution in [0.3, 0.4) is 0 Å². The first-order valence-corrected chi connectivity index (χ1v) is 10.2. The normalized spacial score (nSPS) is 29.1. The van der Waals surface area contributed by atoms with Crippen LogP contribution in [0.25, 0.3) is 0 Å². The Bertz CT molecular complexity index is 773. The second-order valence-corrected chi connectivity index (χ2v) is 8.44. The van der Waals surface area contributed by atoms with E-state index in [0.717, 1.165) is 24.8 Å². The maximum Gasteiger partial charge on any atom is 0.244 e. The molecule has 0 aliphatic carbocycles. The number of rotatable bonds is 4. The monoisotopic (exact) mass is 366 g/mol. The molecule has 8 heteroatoms. The molecule has 3 heterocycles. The number of piperidine rings is 1. The van der Waals surface area contributed by atoms with Gasteiger partial charge in [0.05, 0.1) is 18.8 Å². The molecule has 3 unspecified atom stereocenters. The fourth-order valence-electron chi connectivity index (χ4n) is 3.85. The summed E-state index contributed by atoms with van der Waals surface area (Å²) in [4.78, 5) is 12.0. The van der Waals surface area contributed by atoms with E-state index in [0.29, 0.717) is 31.8 Å². The molecule has 0 spiro atoms. The number of ether oxygens (including phenoxy) is 2. The summed E-state index contributed by atoms with van der Waals surface area (Å²) in [6.45, 7) is 1.15. The maximum absolute atomic E-state index is 13.0. The van der Waals surface area contributed by atoms with Gasteiger partial charge in [-0.25, -0.2) is 13.1 Å². The number of para-hydroxylation sites is 1. The molecule has 7 nitrogen and oxygen atoms in total. The van der Waals surface area contributed by atoms with Crippen LogP contribution in [0.1, 0.15) is 31.2 Å². The number of sulfonamides is 1. The SMILES string of the molecule is O=C1CCC(NS(=O)(=O)c2cccc3c2OCC3)C(C2CCCO2)N1. The van der Waals surface area contributed by atoms with Gasteiger partial charge in [0.25, 0.3) is 0 Å². The van der Waals surface area contributed by atoms with Crippen molar-refractivity contribution in [1.29, 1.82) is 0 Å². The Morgan fingerprint density at radius 1 is 1.16 bits per heavy atom. The minimum atomic E-state index is -3.75. The number of fused-ring (bicyclic) bond motifs is 1. The molecule has 0 bridgehead atoms. The first-order valence-electron chi connectivity index (χ1n) is 8.72. The quantitative estimate of drug-likeness (QED) is 0.819. The molecule has 0 radical (unpaired) electrons. The molecule has 3 aliphatic rings. The number of hydrogen-bond donors (Lipinski definition) is 2. The van der Waals surface area contributed by atoms with Gasteiger partial charge < -0.3 is 14.8 Å². The highest BCUT2D eigenvalue weighted by atomic mass is 32.2. The van der Waals surface area contributed by atoms with Crippen LogP contribution in [0.5, 0.6) is 5.75 Å². The molecule has 1 aromatic rings. The molecule has 0 saturated carbocycles. The Kier molecular flexibility index (Phi) is 4.43. The van der Waals surface area contributed by atoms with Crippen molar-refractivity contribution in [2.24, 2.45) is 0 Å². The van der Waals surface area contributed by atoms with Gasteiger partial charge in [-0.3, -0.25) is 4.79 Å². The van der Waals surface area contributed by atoms with Crippen LogP contribution in [0.2, 0.25) is 0 Å². The molecular formula is C17H22N2O5S. The zero-order valence-corrected chi connectivity index (χ0v) is 14.7. The maximum atomic E-state index is 13.0. The first kappa shape index (κ1) is 16.8. The average Bonchev–Trinajstić information content (AvgIpc) is 3.27. The van der Waals surface area contributed by atoms with E-state index in [1.54, 1.807) is 12.1 Å². The molecule has 1 amide bonds. The highest BCUT2D eigenvalue weighted by Gasteiger charge is 2.39. The van der Waals surface area contributed by atoms with Gasteiger partial charge in [-0.2, -0.15) is 0 Å². The van der Waals surface area contributed by atoms with Crippen LogP contribution in [0.4, 0.5) is 0 Å². The first-order chi connectivity index (χ1) is 12.0. The van der Waals surface area contributed by atoms with E-state index in [9.17, 15) is 13.2 Å². The van der Waals surface area contributed by atoms with Gasteiger partial charge >= 0.3 is 0 Å². The van der Waals surface area contributed by atoms with Crippen molar-refractivity contribution in [3.8, 4) is 5.75 Å². The van der Waals surface area contributed by atoms with Crippen molar-refractivity contribution in [2.45, 2.75) is 55.2 Å². The number of carbonyl (C=O) groups is 1. The van der Waals surface area contributed by atoms with Crippen LogP contribution >= 0.6 is 0 Å². The number of nitrogens with one attached hydrogen (secondary N) is 2. The summed E-state index contributed by atoms with van der Waals surface area (Å²) in [7, 11) is -3.75. The minimum Gasteiger partial charge on any atom is -0.492 e. The lowest BCUT2D eigenvalue weighted by atomic mass is 9.93. The van der Waals surface area contributed by atoms with E-state index in [1.165, 1.54) is 0 Å². The topological polar surface area (TPSA) is 93.7 Å². The lowest BCUT2D eigenvalue weighted by Crippen LogP contribution is -2.60. The summed E-state index contributed by atoms with van der Waals surface area (Å²) in [6.07, 6.45) is 3.10. The standard InChI is InChI=1S/C17H22N2O5S/c20-15-7-6-12(16(18-15)13-4-2-9-23-13)19-25(21,22)14-5-1-3-11-8-10-24-17(11)14/h1,3,5,12-13,16,19H,2,4,6-10H2,(H,18,20). The minimum absolute atomic E-state index is 0.0557. The van der Waals surface area contributed by atoms with Gasteiger partial charge in [0.2, 0.25) is 15.9 Å². The Morgan fingerprint density at radius 3 is 2.84 bits per heavy atom. The number of amides is 1. The van der Waals surface area contributed by atoms with Gasteiger partial charge in [0.1, 0.15) is 10.6 Å². The van der Waals surface area contributed by atoms with E-state index < -0.39 is 10.0 Å². The predicted octanol–water partition coefficient (Wildman–Crippen LogP) is 0.726. The van der Waals surface area contributed by atoms with Crippen LogP contribution in [-0.4, -0.2) is 45.7 Å². The molecule has 3 atom stereocenters. The Labute approximate surface area is 147 Å². The van der Waals surface area contributed by atoms with Crippen molar-refractivity contribution in [2.75, 3.05) is 13.2 Å². The molecule has 1 aromatic carbocycles. The van der Waals surface area contributed by atoms with Crippen LogP contribution in [0.15, 0.2) is 23.1 Å². The molecule has 0 aromatic heterocycles. The van der Waals surface area contributed by atoms with E-state index >= 15 is 0 Å². The smallest absolute Gasteiger partial charge is 0.244 e. The van der Waals surface area contributed by atoms with E-state index in [4.69, 9.17) is 9.47 Å². The van der Waals surface area contributed by atoms with Gasteiger partial charge in [0.15, 0.2) is 0 Å². The molecule has 4 rings (SSSR count). The lowest BCUT2D eigenvalue weighted by Gasteiger charge is -2.35. The van der Waals surface area contributed by atoms with E-state index in [1.807, 2.05) is 6.07 Å². The fourth-order valence-corrected chi connectivity index (χ4v) is 5.34. The third-order valence-electron chi connectivity index (χ3n) is 5.08. The molecular weight excluding hydrogens is 344 g/mol. The summed E-state index contributed by atoms with van der Waals surface area (Å²) in [6, 6.07) is 4.47. The third-order valence-corrected chi connectivity index (χ3v) is 6.60. The lowest BCUT2D eigenvalue weighted by molar-refractivity contribution is -0.125. The molecule has 25 heavy (non-hydrogen) atoms. The number of carbonyl (C=O) groups excluding carboxylic acids is 1. The Morgan fingerprint density at radius 2 is 2.04 bits per heavy atom. The third kappa shape index (κ3) is 3.26. The molecule has 2 fully saturated rings. The Balaban J connectivity index is 1.59. The van der Waals surface area contributed by atoms with Crippen LogP contribution in [-0.2, 0) is 26.0 Å². The van der Waals surface area contributed by atoms with Crippen LogP contribution in [0, 0.1) is 0 Å². The highest BCUT2D eigenvalue weighted by Crippen LogP contribution is 2.33. The highest BCUT2D eigenvalue weighted by molar-refractivity contribution is 7.89. The summed E-state index contributed by atoms with van der Waals surface area (Å²) in [5, 5.41) is 2.91. The largest absolute Gasteiger partial charge is 0.492 e. The van der Waals surface area contributed by atoms with Crippen molar-refractivity contribution < 1.29 is 22.7 Å². The average molecular weight is 366 g/mol. The predicted molar refractivity (Wildman–Crippen MR) is 89.9 cm³/mol. The summed E-state index contributed by atoms with van der Waals surface area (Å²) in [5.74, 6) is 0.392. The summed E-state index contributed by atoms with van der Waals surface area (Å²) in [5.41, 5.74) is 0.912. The molecule has 2 saturated heterocycles. The number of benzene rings is 1. The van der Waals surface area contributed by atoms with Crippen molar-refractivity contribution in [1.82, 2.24) is 10.0 Å². The second kappa shape index (κ2) is 6.59. The van der Waals surface area contributed by atoms with Crippen LogP contribution < -0.4 is 14.8 Å². The van der Waals surface area contributed by atoms with E-state index in [-0.39, 0.29) is 29.0 Å². The van der Waals surface area contributed by atoms with Gasteiger partial charge in [-0.1, -0.05) is 12.1 Å². The van der Waals surface area contributed by atoms with Gasteiger partial charge in [0, 0.05) is 25.5 Å². The Hall–Kier alpha value is -1.64. The number of hydrogen-bond acceptors (Lipinski definition) is 5. The van der Waals surface area contributed by atoms with Crippen molar-refractivity contribution >= 4 is 15.9 Å². The molecule has 136 valence electrons. The second-order valence-electron chi connectivity index (χ2n) is 6.75. The summed E-state index contributed by atoms with van der Waals surface area (Å²) >= 11 is 0. The van der Waals surface area contributed by atoms with E-state index in [2.05, 4.69) is 10.0 Å². The molecule has 2 N–H and O–H groups in total. The summed E-state index contributed by atoms with van der Waals surface area (Å²) < 4.78 is 39.9. The fraction of sp³-hybridized carbons (Fsp3) is 0.588. The van der Waals surface area contributed by atoms with Gasteiger partial charge in [-0.15, -0.1) is 0 Å². The molecule has 3 aliphatic heterocycles. The van der Waals surface area contributed by atoms with Crippen molar-refractivity contribution in [3.05, 3.63) is 23.8 Å². The van der Waals surface area contributed by atoms with Gasteiger partial charge in [-0.05, 0) is 30.9 Å².